The summed E-state index contributed by atoms with van der Waals surface area (Å²) in [6, 6.07) is 12.9. The second kappa shape index (κ2) is 7.19. The normalized spacial score (nSPS) is 21.2. The zero-order valence-electron chi connectivity index (χ0n) is 13.9. The van der Waals surface area contributed by atoms with Crippen LogP contribution in [-0.4, -0.2) is 36.0 Å². The van der Waals surface area contributed by atoms with Gasteiger partial charge in [0.2, 0.25) is 0 Å². The van der Waals surface area contributed by atoms with E-state index in [0.717, 1.165) is 17.7 Å². The predicted molar refractivity (Wildman–Crippen MR) is 90.2 cm³/mol. The lowest BCUT2D eigenvalue weighted by Gasteiger charge is -2.22. The van der Waals surface area contributed by atoms with Crippen LogP contribution in [-0.2, 0) is 4.79 Å². The summed E-state index contributed by atoms with van der Waals surface area (Å²) in [5, 5.41) is 0. The SMILES string of the molecule is CC(Oc1ccc(F)c(F)c1)C(=O)N1C[C@@H](N)[C@H](c2ccccc2)C1. The van der Waals surface area contributed by atoms with Crippen LogP contribution in [0.1, 0.15) is 18.4 Å². The first kappa shape index (κ1) is 17.4. The van der Waals surface area contributed by atoms with Gasteiger partial charge in [-0.05, 0) is 24.6 Å². The third-order valence-electron chi connectivity index (χ3n) is 4.46. The number of nitrogens with two attached hydrogens (primary N) is 1. The fourth-order valence-electron chi connectivity index (χ4n) is 3.12. The van der Waals surface area contributed by atoms with Gasteiger partial charge in [-0.25, -0.2) is 8.78 Å². The Morgan fingerprint density at radius 3 is 2.56 bits per heavy atom. The number of carbonyl (C=O) groups is 1. The van der Waals surface area contributed by atoms with Crippen molar-refractivity contribution >= 4 is 5.91 Å². The van der Waals surface area contributed by atoms with Crippen LogP contribution in [0.4, 0.5) is 8.78 Å². The van der Waals surface area contributed by atoms with E-state index in [2.05, 4.69) is 0 Å². The van der Waals surface area contributed by atoms with E-state index < -0.39 is 17.7 Å². The summed E-state index contributed by atoms with van der Waals surface area (Å²) in [5.74, 6) is -2.01. The Labute approximate surface area is 145 Å². The maximum absolute atomic E-state index is 13.3. The van der Waals surface area contributed by atoms with E-state index in [1.165, 1.54) is 6.07 Å². The van der Waals surface area contributed by atoms with Gasteiger partial charge in [0.25, 0.3) is 5.91 Å². The van der Waals surface area contributed by atoms with Gasteiger partial charge in [0, 0.05) is 31.1 Å². The van der Waals surface area contributed by atoms with E-state index in [1.807, 2.05) is 30.3 Å². The molecule has 1 aliphatic heterocycles. The van der Waals surface area contributed by atoms with E-state index in [4.69, 9.17) is 10.5 Å². The third kappa shape index (κ3) is 3.79. The second-order valence-electron chi connectivity index (χ2n) is 6.26. The molecule has 3 rings (SSSR count). The Balaban J connectivity index is 1.65. The second-order valence-corrected chi connectivity index (χ2v) is 6.26. The van der Waals surface area contributed by atoms with Gasteiger partial charge < -0.3 is 15.4 Å². The van der Waals surface area contributed by atoms with Crippen molar-refractivity contribution in [1.29, 1.82) is 0 Å². The molecule has 0 radical (unpaired) electrons. The number of hydrogen-bond donors (Lipinski definition) is 1. The highest BCUT2D eigenvalue weighted by molar-refractivity contribution is 5.81. The van der Waals surface area contributed by atoms with Crippen LogP contribution >= 0.6 is 0 Å². The molecule has 1 amide bonds. The molecule has 6 heteroatoms. The quantitative estimate of drug-likeness (QED) is 0.926. The Morgan fingerprint density at radius 1 is 1.16 bits per heavy atom. The number of likely N-dealkylation sites (tertiary alicyclic amines) is 1. The van der Waals surface area contributed by atoms with Crippen molar-refractivity contribution in [2.75, 3.05) is 13.1 Å². The highest BCUT2D eigenvalue weighted by Crippen LogP contribution is 2.27. The average molecular weight is 346 g/mol. The molecular weight excluding hydrogens is 326 g/mol. The van der Waals surface area contributed by atoms with Gasteiger partial charge in [-0.2, -0.15) is 0 Å². The molecular formula is C19H20F2N2O2. The summed E-state index contributed by atoms with van der Waals surface area (Å²) in [5.41, 5.74) is 7.30. The van der Waals surface area contributed by atoms with Crippen molar-refractivity contribution in [3.63, 3.8) is 0 Å². The van der Waals surface area contributed by atoms with Gasteiger partial charge in [0.15, 0.2) is 17.7 Å². The first-order chi connectivity index (χ1) is 12.0. The molecule has 25 heavy (non-hydrogen) atoms. The molecule has 0 aliphatic carbocycles. The minimum absolute atomic E-state index is 0.0700. The summed E-state index contributed by atoms with van der Waals surface area (Å²) >= 11 is 0. The third-order valence-corrected chi connectivity index (χ3v) is 4.46. The molecule has 0 aromatic heterocycles. The van der Waals surface area contributed by atoms with Crippen molar-refractivity contribution in [3.8, 4) is 5.75 Å². The maximum Gasteiger partial charge on any atom is 0.263 e. The molecule has 1 fully saturated rings. The largest absolute Gasteiger partial charge is 0.481 e. The van der Waals surface area contributed by atoms with Gasteiger partial charge in [0.1, 0.15) is 5.75 Å². The van der Waals surface area contributed by atoms with Crippen molar-refractivity contribution in [2.45, 2.75) is 25.0 Å². The molecule has 2 aromatic carbocycles. The number of halogens is 2. The van der Waals surface area contributed by atoms with Crippen LogP contribution in [0.25, 0.3) is 0 Å². The van der Waals surface area contributed by atoms with Gasteiger partial charge in [-0.1, -0.05) is 30.3 Å². The Hall–Kier alpha value is -2.47. The molecule has 0 spiro atoms. The van der Waals surface area contributed by atoms with E-state index >= 15 is 0 Å². The van der Waals surface area contributed by atoms with Gasteiger partial charge in [-0.3, -0.25) is 4.79 Å². The van der Waals surface area contributed by atoms with Crippen LogP contribution < -0.4 is 10.5 Å². The van der Waals surface area contributed by atoms with Gasteiger partial charge >= 0.3 is 0 Å². The summed E-state index contributed by atoms with van der Waals surface area (Å²) in [6.07, 6.45) is -0.813. The first-order valence-corrected chi connectivity index (χ1v) is 8.16. The van der Waals surface area contributed by atoms with E-state index in [1.54, 1.807) is 11.8 Å². The number of rotatable bonds is 4. The monoisotopic (exact) mass is 346 g/mol. The molecule has 0 saturated carbocycles. The van der Waals surface area contributed by atoms with E-state index in [0.29, 0.717) is 13.1 Å². The van der Waals surface area contributed by atoms with Crippen LogP contribution in [0.15, 0.2) is 48.5 Å². The minimum atomic E-state index is -1.01. The van der Waals surface area contributed by atoms with Crippen LogP contribution in [0, 0.1) is 11.6 Å². The summed E-state index contributed by atoms with van der Waals surface area (Å²) in [7, 11) is 0. The molecule has 4 nitrogen and oxygen atoms in total. The van der Waals surface area contributed by atoms with E-state index in [-0.39, 0.29) is 23.6 Å². The minimum Gasteiger partial charge on any atom is -0.481 e. The van der Waals surface area contributed by atoms with E-state index in [9.17, 15) is 13.6 Å². The zero-order chi connectivity index (χ0) is 18.0. The average Bonchev–Trinajstić information content (AvgIpc) is 3.00. The van der Waals surface area contributed by atoms with Crippen molar-refractivity contribution in [2.24, 2.45) is 5.73 Å². The first-order valence-electron chi connectivity index (χ1n) is 8.16. The summed E-state index contributed by atoms with van der Waals surface area (Å²) in [4.78, 5) is 14.3. The number of hydrogen-bond acceptors (Lipinski definition) is 3. The number of amides is 1. The summed E-state index contributed by atoms with van der Waals surface area (Å²) < 4.78 is 31.7. The molecule has 1 unspecified atom stereocenters. The molecule has 132 valence electrons. The Kier molecular flexibility index (Phi) is 4.99. The summed E-state index contributed by atoms with van der Waals surface area (Å²) in [6.45, 7) is 2.53. The fourth-order valence-corrected chi connectivity index (χ4v) is 3.12. The lowest BCUT2D eigenvalue weighted by atomic mass is 9.95. The van der Waals surface area contributed by atoms with Crippen molar-refractivity contribution in [1.82, 2.24) is 4.90 Å². The van der Waals surface area contributed by atoms with Gasteiger partial charge in [0.05, 0.1) is 0 Å². The molecule has 1 saturated heterocycles. The number of nitrogens with zero attached hydrogens (tertiary/aromatic N) is 1. The van der Waals surface area contributed by atoms with Crippen LogP contribution in [0.5, 0.6) is 5.75 Å². The highest BCUT2D eigenvalue weighted by Gasteiger charge is 2.35. The molecule has 0 bridgehead atoms. The van der Waals surface area contributed by atoms with Crippen LogP contribution in [0.3, 0.4) is 0 Å². The molecule has 1 aliphatic rings. The topological polar surface area (TPSA) is 55.6 Å². The Morgan fingerprint density at radius 2 is 1.88 bits per heavy atom. The van der Waals surface area contributed by atoms with Crippen molar-refractivity contribution in [3.05, 3.63) is 65.7 Å². The molecule has 2 aromatic rings. The molecule has 3 atom stereocenters. The van der Waals surface area contributed by atoms with Crippen molar-refractivity contribution < 1.29 is 18.3 Å². The fraction of sp³-hybridized carbons (Fsp3) is 0.316. The number of benzene rings is 2. The van der Waals surface area contributed by atoms with Gasteiger partial charge in [-0.15, -0.1) is 0 Å². The zero-order valence-corrected chi connectivity index (χ0v) is 13.9. The van der Waals surface area contributed by atoms with Crippen LogP contribution in [0.2, 0.25) is 0 Å². The lowest BCUT2D eigenvalue weighted by molar-refractivity contribution is -0.136. The number of carbonyl (C=O) groups excluding carboxylic acids is 1. The standard InChI is InChI=1S/C19H20F2N2O2/c1-12(25-14-7-8-16(20)17(21)9-14)19(24)23-10-15(18(22)11-23)13-5-3-2-4-6-13/h2-9,12,15,18H,10-11,22H2,1H3/t12?,15-,18+/m0/s1. The lowest BCUT2D eigenvalue weighted by Crippen LogP contribution is -2.40. The maximum atomic E-state index is 13.3. The Bertz CT molecular complexity index is 754. The molecule has 2 N–H and O–H groups in total. The predicted octanol–water partition coefficient (Wildman–Crippen LogP) is 2.69. The highest BCUT2D eigenvalue weighted by atomic mass is 19.2. The molecule has 1 heterocycles. The smallest absolute Gasteiger partial charge is 0.263 e. The number of ether oxygens (including phenoxy) is 1.